The number of aliphatic carboxylic acids is 1. The molecule has 0 bridgehead atoms. The van der Waals surface area contributed by atoms with Crippen molar-refractivity contribution in [2.45, 2.75) is 32.2 Å². The van der Waals surface area contributed by atoms with Crippen molar-refractivity contribution in [2.75, 3.05) is 13.1 Å². The zero-order chi connectivity index (χ0) is 13.1. The van der Waals surface area contributed by atoms with E-state index in [1.165, 1.54) is 5.56 Å². The first-order chi connectivity index (χ1) is 8.58. The van der Waals surface area contributed by atoms with E-state index >= 15 is 0 Å². The summed E-state index contributed by atoms with van der Waals surface area (Å²) >= 11 is 3.50. The van der Waals surface area contributed by atoms with Crippen molar-refractivity contribution in [3.05, 3.63) is 33.8 Å². The zero-order valence-corrected chi connectivity index (χ0v) is 12.1. The number of carboxylic acid groups (broad SMARTS) is 1. The van der Waals surface area contributed by atoms with E-state index < -0.39 is 5.97 Å². The monoisotopic (exact) mass is 311 g/mol. The van der Waals surface area contributed by atoms with Gasteiger partial charge in [0, 0.05) is 4.47 Å². The molecule has 1 saturated heterocycles. The smallest absolute Gasteiger partial charge is 0.321 e. The first kappa shape index (κ1) is 13.6. The molecule has 1 heterocycles. The van der Waals surface area contributed by atoms with Crippen LogP contribution in [0.15, 0.2) is 22.7 Å². The minimum absolute atomic E-state index is 0.387. The van der Waals surface area contributed by atoms with Gasteiger partial charge < -0.3 is 5.11 Å². The number of carbonyl (C=O) groups is 1. The number of hydrogen-bond donors (Lipinski definition) is 1. The Hall–Kier alpha value is -0.870. The second kappa shape index (κ2) is 5.85. The molecule has 0 amide bonds. The van der Waals surface area contributed by atoms with E-state index in [0.29, 0.717) is 6.42 Å². The molecule has 98 valence electrons. The molecule has 0 spiro atoms. The molecule has 1 aliphatic heterocycles. The van der Waals surface area contributed by atoms with Crippen LogP contribution in [0.5, 0.6) is 0 Å². The summed E-state index contributed by atoms with van der Waals surface area (Å²) in [5.74, 6) is -0.714. The molecule has 0 aromatic heterocycles. The van der Waals surface area contributed by atoms with Gasteiger partial charge in [-0.25, -0.2) is 0 Å². The van der Waals surface area contributed by atoms with Crippen molar-refractivity contribution < 1.29 is 9.90 Å². The van der Waals surface area contributed by atoms with Crippen molar-refractivity contribution in [1.29, 1.82) is 0 Å². The second-order valence-electron chi connectivity index (χ2n) is 4.88. The maximum absolute atomic E-state index is 11.4. The van der Waals surface area contributed by atoms with Crippen molar-refractivity contribution in [3.8, 4) is 0 Å². The van der Waals surface area contributed by atoms with E-state index in [4.69, 9.17) is 0 Å². The molecule has 0 aliphatic carbocycles. The molecule has 1 atom stereocenters. The van der Waals surface area contributed by atoms with E-state index in [0.717, 1.165) is 36.0 Å². The van der Waals surface area contributed by atoms with Gasteiger partial charge in [0.15, 0.2) is 0 Å². The van der Waals surface area contributed by atoms with Crippen LogP contribution in [0, 0.1) is 6.92 Å². The largest absolute Gasteiger partial charge is 0.480 e. The molecule has 3 nitrogen and oxygen atoms in total. The van der Waals surface area contributed by atoms with Gasteiger partial charge in [-0.15, -0.1) is 0 Å². The lowest BCUT2D eigenvalue weighted by atomic mass is 10.0. The Morgan fingerprint density at radius 2 is 2.11 bits per heavy atom. The highest BCUT2D eigenvalue weighted by Crippen LogP contribution is 2.21. The number of hydrogen-bond acceptors (Lipinski definition) is 2. The third kappa shape index (κ3) is 3.12. The summed E-state index contributed by atoms with van der Waals surface area (Å²) in [6.45, 7) is 3.84. The summed E-state index contributed by atoms with van der Waals surface area (Å²) in [6, 6.07) is 5.69. The Morgan fingerprint density at radius 3 is 2.67 bits per heavy atom. The summed E-state index contributed by atoms with van der Waals surface area (Å²) in [5.41, 5.74) is 2.25. The summed E-state index contributed by atoms with van der Waals surface area (Å²) in [6.07, 6.45) is 2.80. The highest BCUT2D eigenvalue weighted by molar-refractivity contribution is 9.10. The minimum atomic E-state index is -0.714. The zero-order valence-electron chi connectivity index (χ0n) is 10.5. The number of likely N-dealkylation sites (tertiary alicyclic amines) is 1. The molecule has 0 saturated carbocycles. The number of carboxylic acids is 1. The number of aryl methyl sites for hydroxylation is 1. The third-order valence-corrected chi connectivity index (χ3v) is 4.39. The van der Waals surface area contributed by atoms with Crippen LogP contribution in [0.1, 0.15) is 24.0 Å². The quantitative estimate of drug-likeness (QED) is 0.929. The summed E-state index contributed by atoms with van der Waals surface area (Å²) in [4.78, 5) is 13.5. The van der Waals surface area contributed by atoms with Crippen molar-refractivity contribution in [3.63, 3.8) is 0 Å². The lowest BCUT2D eigenvalue weighted by Gasteiger charge is -2.23. The molecule has 0 radical (unpaired) electrons. The molecule has 1 fully saturated rings. The van der Waals surface area contributed by atoms with Gasteiger partial charge in [0.2, 0.25) is 0 Å². The lowest BCUT2D eigenvalue weighted by Crippen LogP contribution is -2.40. The summed E-state index contributed by atoms with van der Waals surface area (Å²) in [7, 11) is 0. The molecule has 2 rings (SSSR count). The Morgan fingerprint density at radius 1 is 1.44 bits per heavy atom. The van der Waals surface area contributed by atoms with Crippen molar-refractivity contribution in [2.24, 2.45) is 0 Å². The minimum Gasteiger partial charge on any atom is -0.480 e. The Kier molecular flexibility index (Phi) is 4.40. The van der Waals surface area contributed by atoms with Crippen LogP contribution < -0.4 is 0 Å². The molecular weight excluding hydrogens is 294 g/mol. The average Bonchev–Trinajstić information content (AvgIpc) is 2.83. The van der Waals surface area contributed by atoms with Crippen LogP contribution in [0.4, 0.5) is 0 Å². The highest BCUT2D eigenvalue weighted by Gasteiger charge is 2.27. The van der Waals surface area contributed by atoms with Gasteiger partial charge in [0.25, 0.3) is 0 Å². The summed E-state index contributed by atoms with van der Waals surface area (Å²) < 4.78 is 1.05. The van der Waals surface area contributed by atoms with E-state index in [-0.39, 0.29) is 6.04 Å². The first-order valence-electron chi connectivity index (χ1n) is 6.30. The van der Waals surface area contributed by atoms with E-state index in [1.807, 2.05) is 25.1 Å². The van der Waals surface area contributed by atoms with E-state index in [2.05, 4.69) is 20.8 Å². The SMILES string of the molecule is Cc1ccc(CC(C(=O)O)N2CCCC2)cc1Br. The number of rotatable bonds is 4. The average molecular weight is 312 g/mol. The van der Waals surface area contributed by atoms with Crippen LogP contribution in [-0.2, 0) is 11.2 Å². The topological polar surface area (TPSA) is 40.5 Å². The fraction of sp³-hybridized carbons (Fsp3) is 0.500. The molecule has 1 aliphatic rings. The van der Waals surface area contributed by atoms with Crippen LogP contribution in [0.25, 0.3) is 0 Å². The Labute approximate surface area is 116 Å². The van der Waals surface area contributed by atoms with Gasteiger partial charge in [0.05, 0.1) is 0 Å². The number of halogens is 1. The van der Waals surface area contributed by atoms with Gasteiger partial charge in [-0.1, -0.05) is 28.1 Å². The second-order valence-corrected chi connectivity index (χ2v) is 5.74. The van der Waals surface area contributed by atoms with Gasteiger partial charge >= 0.3 is 5.97 Å². The maximum atomic E-state index is 11.4. The van der Waals surface area contributed by atoms with Gasteiger partial charge in [-0.3, -0.25) is 9.69 Å². The van der Waals surface area contributed by atoms with E-state index in [9.17, 15) is 9.90 Å². The molecule has 4 heteroatoms. The molecule has 1 N–H and O–H groups in total. The molecule has 18 heavy (non-hydrogen) atoms. The van der Waals surface area contributed by atoms with Gasteiger partial charge in [-0.05, 0) is 56.5 Å². The molecule has 1 unspecified atom stereocenters. The molecular formula is C14H18BrNO2. The van der Waals surface area contributed by atoms with Crippen molar-refractivity contribution in [1.82, 2.24) is 4.90 Å². The third-order valence-electron chi connectivity index (χ3n) is 3.53. The molecule has 1 aromatic rings. The fourth-order valence-electron chi connectivity index (χ4n) is 2.41. The van der Waals surface area contributed by atoms with Gasteiger partial charge in [-0.2, -0.15) is 0 Å². The maximum Gasteiger partial charge on any atom is 0.321 e. The van der Waals surface area contributed by atoms with Crippen LogP contribution in [0.2, 0.25) is 0 Å². The van der Waals surface area contributed by atoms with Crippen molar-refractivity contribution >= 4 is 21.9 Å². The van der Waals surface area contributed by atoms with Crippen LogP contribution >= 0.6 is 15.9 Å². The molecule has 1 aromatic carbocycles. The number of benzene rings is 1. The predicted octanol–water partition coefficient (Wildman–Crippen LogP) is 2.85. The first-order valence-corrected chi connectivity index (χ1v) is 7.09. The number of nitrogens with zero attached hydrogens (tertiary/aromatic N) is 1. The summed E-state index contributed by atoms with van der Waals surface area (Å²) in [5, 5.41) is 9.37. The van der Waals surface area contributed by atoms with Gasteiger partial charge in [0.1, 0.15) is 6.04 Å². The Bertz CT molecular complexity index is 441. The van der Waals surface area contributed by atoms with Crippen LogP contribution in [0.3, 0.4) is 0 Å². The lowest BCUT2D eigenvalue weighted by molar-refractivity contribution is -0.142. The highest BCUT2D eigenvalue weighted by atomic mass is 79.9. The predicted molar refractivity (Wildman–Crippen MR) is 74.8 cm³/mol. The van der Waals surface area contributed by atoms with E-state index in [1.54, 1.807) is 0 Å². The fourth-order valence-corrected chi connectivity index (χ4v) is 2.84. The Balaban J connectivity index is 2.12. The standard InChI is InChI=1S/C14H18BrNO2/c1-10-4-5-11(8-12(10)15)9-13(14(17)18)16-6-2-3-7-16/h4-5,8,13H,2-3,6-7,9H2,1H3,(H,17,18). The normalized spacial score (nSPS) is 17.9. The van der Waals surface area contributed by atoms with Crippen LogP contribution in [-0.4, -0.2) is 35.1 Å².